The van der Waals surface area contributed by atoms with Gasteiger partial charge in [0.1, 0.15) is 0 Å². The van der Waals surface area contributed by atoms with Crippen molar-refractivity contribution in [2.75, 3.05) is 17.3 Å². The molecule has 0 heterocycles. The molecule has 480 valence electrons. The average Bonchev–Trinajstić information content (AvgIpc) is 3.47. The van der Waals surface area contributed by atoms with Crippen LogP contribution in [0.1, 0.15) is 444 Å². The number of hydrogen-bond donors (Lipinski definition) is 0. The molecular formula is C78H150S3. The summed E-state index contributed by atoms with van der Waals surface area (Å²) in [6, 6.07) is 5.27. The molecule has 0 amide bonds. The molecule has 0 aliphatic carbocycles. The predicted octanol–water partition coefficient (Wildman–Crippen LogP) is 30.6. The molecule has 1 aromatic carbocycles. The molecule has 0 aromatic heterocycles. The Balaban J connectivity index is 2.38. The lowest BCUT2D eigenvalue weighted by molar-refractivity contribution is 0.521. The van der Waals surface area contributed by atoms with Crippen LogP contribution >= 0.6 is 35.3 Å². The Labute approximate surface area is 526 Å². The molecule has 81 heavy (non-hydrogen) atoms. The Morgan fingerprint density at radius 1 is 0.185 bits per heavy atom. The number of unbranched alkanes of at least 4 members (excludes halogenated alkanes) is 60. The van der Waals surface area contributed by atoms with Gasteiger partial charge in [-0.25, -0.2) is 0 Å². The number of hydrogen-bond acceptors (Lipinski definition) is 3. The van der Waals surface area contributed by atoms with Crippen LogP contribution in [0.2, 0.25) is 0 Å². The maximum Gasteiger partial charge on any atom is 0.0344 e. The average molecular weight is 1180 g/mol. The van der Waals surface area contributed by atoms with Crippen molar-refractivity contribution >= 4 is 35.3 Å². The Bertz CT molecular complexity index is 1240. The van der Waals surface area contributed by atoms with Gasteiger partial charge in [-0.05, 0) is 60.6 Å². The van der Waals surface area contributed by atoms with Gasteiger partial charge in [0, 0.05) is 14.7 Å². The van der Waals surface area contributed by atoms with Crippen LogP contribution in [0.4, 0.5) is 0 Å². The van der Waals surface area contributed by atoms with Crippen LogP contribution in [-0.4, -0.2) is 17.3 Å². The van der Waals surface area contributed by atoms with Gasteiger partial charge in [0.15, 0.2) is 0 Å². The number of rotatable bonds is 71. The van der Waals surface area contributed by atoms with Crippen molar-refractivity contribution in [3.8, 4) is 0 Å². The van der Waals surface area contributed by atoms with Crippen molar-refractivity contribution in [1.29, 1.82) is 0 Å². The van der Waals surface area contributed by atoms with E-state index < -0.39 is 0 Å². The zero-order valence-electron chi connectivity index (χ0n) is 56.5. The first-order valence-corrected chi connectivity index (χ1v) is 41.3. The highest BCUT2D eigenvalue weighted by atomic mass is 32.2. The molecule has 0 bridgehead atoms. The van der Waals surface area contributed by atoms with E-state index in [0.29, 0.717) is 0 Å². The quantitative estimate of drug-likeness (QED) is 0.0471. The molecule has 0 unspecified atom stereocenters. The molecule has 1 rings (SSSR count). The molecule has 0 atom stereocenters. The minimum Gasteiger partial charge on any atom is -0.125 e. The molecule has 0 saturated heterocycles. The van der Waals surface area contributed by atoms with E-state index in [-0.39, 0.29) is 0 Å². The van der Waals surface area contributed by atoms with Gasteiger partial charge in [-0.1, -0.05) is 419 Å². The molecule has 1 aromatic rings. The molecule has 0 spiro atoms. The van der Waals surface area contributed by atoms with E-state index in [9.17, 15) is 0 Å². The summed E-state index contributed by atoms with van der Waals surface area (Å²) in [5.74, 6) is 3.89. The van der Waals surface area contributed by atoms with Crippen molar-refractivity contribution in [1.82, 2.24) is 0 Å². The van der Waals surface area contributed by atoms with Gasteiger partial charge in [0.25, 0.3) is 0 Å². The minimum absolute atomic E-state index is 1.23. The fourth-order valence-corrected chi connectivity index (χ4v) is 16.4. The van der Waals surface area contributed by atoms with Crippen LogP contribution < -0.4 is 0 Å². The normalized spacial score (nSPS) is 11.8. The Hall–Kier alpha value is 0.270. The zero-order valence-corrected chi connectivity index (χ0v) is 58.9. The topological polar surface area (TPSA) is 0 Å². The van der Waals surface area contributed by atoms with Gasteiger partial charge < -0.3 is 0 Å². The first kappa shape index (κ1) is 79.3. The monoisotopic (exact) mass is 1180 g/mol. The van der Waals surface area contributed by atoms with Crippen LogP contribution in [0.3, 0.4) is 0 Å². The highest BCUT2D eigenvalue weighted by molar-refractivity contribution is 8.03. The van der Waals surface area contributed by atoms with Crippen LogP contribution in [0.25, 0.3) is 0 Å². The summed E-state index contributed by atoms with van der Waals surface area (Å²) >= 11 is 6.67. The Morgan fingerprint density at radius 2 is 0.346 bits per heavy atom. The smallest absolute Gasteiger partial charge is 0.0344 e. The molecule has 0 aliphatic heterocycles. The maximum atomic E-state index is 2.63. The molecule has 0 N–H and O–H groups in total. The summed E-state index contributed by atoms with van der Waals surface area (Å²) in [4.78, 5) is 4.91. The second-order valence-corrected chi connectivity index (χ2v) is 29.8. The summed E-state index contributed by atoms with van der Waals surface area (Å²) in [7, 11) is 0. The van der Waals surface area contributed by atoms with Crippen LogP contribution in [-0.2, 0) is 6.42 Å². The van der Waals surface area contributed by atoms with Gasteiger partial charge in [-0.15, -0.1) is 35.3 Å². The van der Waals surface area contributed by atoms with Gasteiger partial charge in [-0.2, -0.15) is 0 Å². The fraction of sp³-hybridized carbons (Fsp3) is 0.923. The molecule has 0 aliphatic rings. The minimum atomic E-state index is 1.23. The van der Waals surface area contributed by atoms with Gasteiger partial charge in [0.2, 0.25) is 0 Å². The van der Waals surface area contributed by atoms with E-state index in [1.54, 1.807) is 20.2 Å². The lowest BCUT2D eigenvalue weighted by atomic mass is 10.0. The molecular weight excluding hydrogens is 1030 g/mol. The van der Waals surface area contributed by atoms with Crippen molar-refractivity contribution in [3.63, 3.8) is 0 Å². The highest BCUT2D eigenvalue weighted by Gasteiger charge is 2.14. The summed E-state index contributed by atoms with van der Waals surface area (Å²) in [5.41, 5.74) is 1.60. The zero-order chi connectivity index (χ0) is 57.9. The third-order valence-electron chi connectivity index (χ3n) is 18.1. The molecule has 0 radical (unpaired) electrons. The lowest BCUT2D eigenvalue weighted by Gasteiger charge is -2.17. The summed E-state index contributed by atoms with van der Waals surface area (Å²) in [6.45, 7) is 9.34. The van der Waals surface area contributed by atoms with E-state index in [1.165, 1.54) is 435 Å². The second kappa shape index (κ2) is 69.4. The number of thioether (sulfide) groups is 3. The first-order valence-electron chi connectivity index (χ1n) is 38.3. The van der Waals surface area contributed by atoms with Crippen LogP contribution in [0.5, 0.6) is 0 Å². The highest BCUT2D eigenvalue weighted by Crippen LogP contribution is 2.41. The number of aryl methyl sites for hydroxylation is 1. The molecule has 0 fully saturated rings. The fourth-order valence-electron chi connectivity index (χ4n) is 12.6. The first-order chi connectivity index (χ1) is 40.3. The van der Waals surface area contributed by atoms with Crippen molar-refractivity contribution in [3.05, 3.63) is 17.7 Å². The second-order valence-electron chi connectivity index (χ2n) is 26.4. The molecule has 0 saturated carbocycles. The number of benzene rings is 1. The summed E-state index contributed by atoms with van der Waals surface area (Å²) in [6.07, 6.45) is 94.5. The van der Waals surface area contributed by atoms with Gasteiger partial charge >= 0.3 is 0 Å². The van der Waals surface area contributed by atoms with Gasteiger partial charge in [0.05, 0.1) is 0 Å². The van der Waals surface area contributed by atoms with E-state index in [4.69, 9.17) is 0 Å². The van der Waals surface area contributed by atoms with E-state index >= 15 is 0 Å². The third kappa shape index (κ3) is 59.0. The summed E-state index contributed by atoms with van der Waals surface area (Å²) < 4.78 is 0. The predicted molar refractivity (Wildman–Crippen MR) is 381 cm³/mol. The summed E-state index contributed by atoms with van der Waals surface area (Å²) in [5, 5.41) is 0. The Kier molecular flexibility index (Phi) is 67.9. The van der Waals surface area contributed by atoms with E-state index in [0.717, 1.165) is 0 Å². The largest absolute Gasteiger partial charge is 0.125 e. The standard InChI is InChI=1S/C78H150S3/c1-5-9-12-15-18-21-24-27-30-33-36-39-42-45-48-51-54-57-60-63-66-70-79-76-73-75(69-8-4)74-77(80-71-67-64-61-58-55-52-49-46-43-40-37-34-31-28-25-22-19-16-13-10-6-2)78(76)81-72-68-65-62-59-56-53-50-47-44-41-38-35-32-29-26-23-20-17-14-11-7-3/h73-74H,5-72H2,1-4H3. The van der Waals surface area contributed by atoms with Crippen molar-refractivity contribution < 1.29 is 0 Å². The lowest BCUT2D eigenvalue weighted by Crippen LogP contribution is -1.94. The van der Waals surface area contributed by atoms with Crippen LogP contribution in [0.15, 0.2) is 26.8 Å². The third-order valence-corrected chi connectivity index (χ3v) is 21.9. The SMILES string of the molecule is CCCCCCCCCCCCCCCCCCCCCCCSc1cc(CCC)cc(SCCCCCCCCCCCCCCCCCCCCCCC)c1SCCCCCCCCCCCCCCCCCCCCCCC. The molecule has 0 nitrogen and oxygen atoms in total. The van der Waals surface area contributed by atoms with Crippen LogP contribution in [0, 0.1) is 0 Å². The Morgan fingerprint density at radius 3 is 0.519 bits per heavy atom. The van der Waals surface area contributed by atoms with Gasteiger partial charge in [-0.3, -0.25) is 0 Å². The molecule has 3 heteroatoms. The maximum absolute atomic E-state index is 2.63. The van der Waals surface area contributed by atoms with E-state index in [1.807, 2.05) is 0 Å². The van der Waals surface area contributed by atoms with E-state index in [2.05, 4.69) is 75.1 Å². The van der Waals surface area contributed by atoms with Crippen molar-refractivity contribution in [2.45, 2.75) is 460 Å². The van der Waals surface area contributed by atoms with Crippen molar-refractivity contribution in [2.24, 2.45) is 0 Å².